The third-order valence-corrected chi connectivity index (χ3v) is 4.44. The smallest absolute Gasteiger partial charge is 0.242 e. The highest BCUT2D eigenvalue weighted by molar-refractivity contribution is 7.89. The molecule has 3 aromatic rings. The largest absolute Gasteiger partial charge is 0.472 e. The maximum atomic E-state index is 12.3. The second kappa shape index (κ2) is 4.69. The molecule has 0 aliphatic heterocycles. The standard InChI is InChI=1S/C13H13N3O3S/c14-10-1-2-12-11(5-10)13(7-15-12)20(17,18)16-6-9-3-4-19-8-9/h1-5,7-8,15-16H,6,14H2. The number of rotatable bonds is 4. The Bertz CT molecular complexity index is 835. The number of nitrogens with one attached hydrogen (secondary N) is 2. The Balaban J connectivity index is 1.94. The predicted molar refractivity (Wildman–Crippen MR) is 75.4 cm³/mol. The van der Waals surface area contributed by atoms with Gasteiger partial charge in [0.25, 0.3) is 0 Å². The molecule has 0 amide bonds. The summed E-state index contributed by atoms with van der Waals surface area (Å²) in [6.07, 6.45) is 4.45. The number of aromatic amines is 1. The van der Waals surface area contributed by atoms with Gasteiger partial charge in [-0.3, -0.25) is 0 Å². The van der Waals surface area contributed by atoms with E-state index in [0.717, 1.165) is 11.1 Å². The van der Waals surface area contributed by atoms with Gasteiger partial charge in [0, 0.05) is 34.9 Å². The average molecular weight is 291 g/mol. The van der Waals surface area contributed by atoms with Crippen molar-refractivity contribution in [2.75, 3.05) is 5.73 Å². The monoisotopic (exact) mass is 291 g/mol. The molecule has 0 spiro atoms. The molecule has 0 saturated heterocycles. The zero-order valence-corrected chi connectivity index (χ0v) is 11.3. The fraction of sp³-hybridized carbons (Fsp3) is 0.0769. The topological polar surface area (TPSA) is 101 Å². The fourth-order valence-corrected chi connectivity index (χ4v) is 3.17. The van der Waals surface area contributed by atoms with Crippen LogP contribution in [0.5, 0.6) is 0 Å². The molecule has 0 radical (unpaired) electrons. The number of hydrogen-bond acceptors (Lipinski definition) is 4. The molecule has 0 aliphatic carbocycles. The van der Waals surface area contributed by atoms with Crippen LogP contribution in [-0.2, 0) is 16.6 Å². The first-order chi connectivity index (χ1) is 9.56. The van der Waals surface area contributed by atoms with Crippen molar-refractivity contribution in [3.63, 3.8) is 0 Å². The second-order valence-electron chi connectivity index (χ2n) is 4.41. The normalized spacial score (nSPS) is 12.0. The van der Waals surface area contributed by atoms with Gasteiger partial charge in [-0.2, -0.15) is 0 Å². The quantitative estimate of drug-likeness (QED) is 0.638. The Hall–Kier alpha value is -2.25. The van der Waals surface area contributed by atoms with Crippen molar-refractivity contribution < 1.29 is 12.8 Å². The average Bonchev–Trinajstić information content (AvgIpc) is 3.05. The summed E-state index contributed by atoms with van der Waals surface area (Å²) < 4.78 is 32.0. The number of sulfonamides is 1. The maximum Gasteiger partial charge on any atom is 0.242 e. The van der Waals surface area contributed by atoms with Gasteiger partial charge in [-0.15, -0.1) is 0 Å². The lowest BCUT2D eigenvalue weighted by Gasteiger charge is -2.04. The van der Waals surface area contributed by atoms with Crippen molar-refractivity contribution in [1.82, 2.24) is 9.71 Å². The highest BCUT2D eigenvalue weighted by Crippen LogP contribution is 2.24. The van der Waals surface area contributed by atoms with Crippen LogP contribution >= 0.6 is 0 Å². The van der Waals surface area contributed by atoms with Crippen LogP contribution in [0.4, 0.5) is 5.69 Å². The van der Waals surface area contributed by atoms with Crippen molar-refractivity contribution in [1.29, 1.82) is 0 Å². The zero-order valence-electron chi connectivity index (χ0n) is 10.5. The van der Waals surface area contributed by atoms with Crippen molar-refractivity contribution >= 4 is 26.6 Å². The van der Waals surface area contributed by atoms with Gasteiger partial charge in [-0.25, -0.2) is 13.1 Å². The van der Waals surface area contributed by atoms with Crippen LogP contribution < -0.4 is 10.5 Å². The molecule has 20 heavy (non-hydrogen) atoms. The van der Waals surface area contributed by atoms with E-state index in [1.54, 1.807) is 24.3 Å². The number of hydrogen-bond donors (Lipinski definition) is 3. The molecular weight excluding hydrogens is 278 g/mol. The third kappa shape index (κ3) is 2.28. The summed E-state index contributed by atoms with van der Waals surface area (Å²) in [7, 11) is -3.61. The molecule has 0 saturated carbocycles. The lowest BCUT2D eigenvalue weighted by Crippen LogP contribution is -2.22. The van der Waals surface area contributed by atoms with E-state index in [0.29, 0.717) is 11.1 Å². The maximum absolute atomic E-state index is 12.3. The van der Waals surface area contributed by atoms with Crippen molar-refractivity contribution in [2.24, 2.45) is 0 Å². The summed E-state index contributed by atoms with van der Waals surface area (Å²) >= 11 is 0. The van der Waals surface area contributed by atoms with Crippen molar-refractivity contribution in [2.45, 2.75) is 11.4 Å². The molecule has 2 heterocycles. The van der Waals surface area contributed by atoms with Crippen LogP contribution in [0, 0.1) is 0 Å². The van der Waals surface area contributed by atoms with Crippen molar-refractivity contribution in [3.05, 3.63) is 48.6 Å². The number of furan rings is 1. The fourth-order valence-electron chi connectivity index (χ4n) is 1.98. The number of benzene rings is 1. The van der Waals surface area contributed by atoms with Gasteiger partial charge in [0.05, 0.1) is 12.5 Å². The summed E-state index contributed by atoms with van der Waals surface area (Å²) in [6, 6.07) is 6.81. The summed E-state index contributed by atoms with van der Waals surface area (Å²) in [5.41, 5.74) is 7.70. The van der Waals surface area contributed by atoms with Gasteiger partial charge in [0.1, 0.15) is 4.90 Å². The Morgan fingerprint density at radius 3 is 2.90 bits per heavy atom. The van der Waals surface area contributed by atoms with E-state index in [4.69, 9.17) is 10.2 Å². The lowest BCUT2D eigenvalue weighted by molar-refractivity contribution is 0.561. The van der Waals surface area contributed by atoms with E-state index in [1.807, 2.05) is 0 Å². The molecule has 0 fully saturated rings. The molecule has 6 nitrogen and oxygen atoms in total. The van der Waals surface area contributed by atoms with E-state index in [1.165, 1.54) is 18.7 Å². The summed E-state index contributed by atoms with van der Waals surface area (Å²) in [4.78, 5) is 3.11. The molecule has 0 bridgehead atoms. The van der Waals surface area contributed by atoms with Gasteiger partial charge in [-0.1, -0.05) is 0 Å². The highest BCUT2D eigenvalue weighted by atomic mass is 32.2. The van der Waals surface area contributed by atoms with Crippen LogP contribution in [0.15, 0.2) is 52.3 Å². The number of fused-ring (bicyclic) bond motifs is 1. The number of H-pyrrole nitrogens is 1. The highest BCUT2D eigenvalue weighted by Gasteiger charge is 2.18. The van der Waals surface area contributed by atoms with E-state index in [9.17, 15) is 8.42 Å². The second-order valence-corrected chi connectivity index (χ2v) is 6.15. The Labute approximate surface area is 115 Å². The first kappa shape index (κ1) is 12.8. The summed E-state index contributed by atoms with van der Waals surface area (Å²) in [5, 5.41) is 0.574. The van der Waals surface area contributed by atoms with Crippen LogP contribution in [-0.4, -0.2) is 13.4 Å². The molecule has 4 N–H and O–H groups in total. The number of nitrogens with two attached hydrogens (primary N) is 1. The first-order valence-corrected chi connectivity index (χ1v) is 7.42. The van der Waals surface area contributed by atoms with E-state index in [2.05, 4.69) is 9.71 Å². The van der Waals surface area contributed by atoms with Crippen LogP contribution in [0.3, 0.4) is 0 Å². The third-order valence-electron chi connectivity index (χ3n) is 3.00. The number of nitrogen functional groups attached to an aromatic ring is 1. The zero-order chi connectivity index (χ0) is 14.2. The van der Waals surface area contributed by atoms with E-state index >= 15 is 0 Å². The minimum Gasteiger partial charge on any atom is -0.472 e. The first-order valence-electron chi connectivity index (χ1n) is 5.93. The van der Waals surface area contributed by atoms with E-state index in [-0.39, 0.29) is 11.4 Å². The number of anilines is 1. The molecular formula is C13H13N3O3S. The van der Waals surface area contributed by atoms with Crippen LogP contribution in [0.2, 0.25) is 0 Å². The molecule has 0 unspecified atom stereocenters. The van der Waals surface area contributed by atoms with Gasteiger partial charge >= 0.3 is 0 Å². The lowest BCUT2D eigenvalue weighted by atomic mass is 10.2. The van der Waals surface area contributed by atoms with Gasteiger partial charge in [-0.05, 0) is 24.3 Å². The molecule has 7 heteroatoms. The van der Waals surface area contributed by atoms with Crippen LogP contribution in [0.25, 0.3) is 10.9 Å². The molecule has 1 aromatic carbocycles. The molecule has 0 aliphatic rings. The predicted octanol–water partition coefficient (Wildman–Crippen LogP) is 1.82. The Morgan fingerprint density at radius 1 is 1.30 bits per heavy atom. The molecule has 3 rings (SSSR count). The Kier molecular flexibility index (Phi) is 3.00. The summed E-state index contributed by atoms with van der Waals surface area (Å²) in [5.74, 6) is 0. The Morgan fingerprint density at radius 2 is 2.15 bits per heavy atom. The van der Waals surface area contributed by atoms with Gasteiger partial charge in [0.2, 0.25) is 10.0 Å². The molecule has 0 atom stereocenters. The summed E-state index contributed by atoms with van der Waals surface area (Å²) in [6.45, 7) is 0.174. The van der Waals surface area contributed by atoms with Gasteiger partial charge in [0.15, 0.2) is 0 Å². The SMILES string of the molecule is Nc1ccc2[nH]cc(S(=O)(=O)NCc3ccoc3)c2c1. The van der Waals surface area contributed by atoms with E-state index < -0.39 is 10.0 Å². The minimum absolute atomic E-state index is 0.174. The van der Waals surface area contributed by atoms with Gasteiger partial charge < -0.3 is 15.1 Å². The minimum atomic E-state index is -3.61. The molecule has 2 aromatic heterocycles. The number of aromatic nitrogens is 1. The van der Waals surface area contributed by atoms with Crippen molar-refractivity contribution in [3.8, 4) is 0 Å². The van der Waals surface area contributed by atoms with Crippen LogP contribution in [0.1, 0.15) is 5.56 Å². The molecule has 104 valence electrons.